The van der Waals surface area contributed by atoms with Crippen LogP contribution in [0, 0.1) is 5.82 Å². The molecule has 0 bridgehead atoms. The maximum Gasteiger partial charge on any atom is 0.291 e. The number of amides is 2. The molecule has 0 atom stereocenters. The standard InChI is InChI=1S/C25H24ClFN2O4/c26-22-12-8-18(14-21(22)24(30)28-17-4-2-1-3-5-17)29-25(31)23-13-11-20(33-23)15-32-19-9-6-16(27)7-10-19/h6-14,17H,1-5,15H2,(H,28,30)(H,29,31). The van der Waals surface area contributed by atoms with Gasteiger partial charge in [-0.3, -0.25) is 9.59 Å². The van der Waals surface area contributed by atoms with E-state index in [1.807, 2.05) is 0 Å². The van der Waals surface area contributed by atoms with Gasteiger partial charge in [-0.1, -0.05) is 30.9 Å². The van der Waals surface area contributed by atoms with Gasteiger partial charge in [-0.25, -0.2) is 4.39 Å². The molecule has 1 aliphatic rings. The fraction of sp³-hybridized carbons (Fsp3) is 0.280. The molecule has 0 saturated heterocycles. The van der Waals surface area contributed by atoms with E-state index in [1.165, 1.54) is 36.8 Å². The monoisotopic (exact) mass is 470 g/mol. The Morgan fingerprint density at radius 3 is 2.52 bits per heavy atom. The van der Waals surface area contributed by atoms with Crippen molar-refractivity contribution in [2.75, 3.05) is 5.32 Å². The highest BCUT2D eigenvalue weighted by Crippen LogP contribution is 2.23. The van der Waals surface area contributed by atoms with Crippen LogP contribution in [-0.4, -0.2) is 17.9 Å². The second-order valence-electron chi connectivity index (χ2n) is 7.97. The summed E-state index contributed by atoms with van der Waals surface area (Å²) in [5.41, 5.74) is 0.742. The van der Waals surface area contributed by atoms with Gasteiger partial charge < -0.3 is 19.8 Å². The SMILES string of the molecule is O=C(Nc1ccc(Cl)c(C(=O)NC2CCCCC2)c1)c1ccc(COc2ccc(F)cc2)o1. The minimum atomic E-state index is -0.469. The van der Waals surface area contributed by atoms with Crippen molar-refractivity contribution in [1.29, 1.82) is 0 Å². The van der Waals surface area contributed by atoms with Crippen molar-refractivity contribution >= 4 is 29.1 Å². The number of ether oxygens (including phenoxy) is 1. The number of carbonyl (C=O) groups excluding carboxylic acids is 2. The van der Waals surface area contributed by atoms with Gasteiger partial charge >= 0.3 is 0 Å². The minimum Gasteiger partial charge on any atom is -0.486 e. The third-order valence-corrected chi connectivity index (χ3v) is 5.82. The summed E-state index contributed by atoms with van der Waals surface area (Å²) in [6, 6.07) is 13.7. The molecule has 8 heteroatoms. The van der Waals surface area contributed by atoms with Crippen LogP contribution in [0.15, 0.2) is 59.0 Å². The van der Waals surface area contributed by atoms with E-state index in [1.54, 1.807) is 24.3 Å². The highest BCUT2D eigenvalue weighted by Gasteiger charge is 2.19. The van der Waals surface area contributed by atoms with Crippen LogP contribution in [0.2, 0.25) is 5.02 Å². The van der Waals surface area contributed by atoms with Crippen molar-refractivity contribution in [2.45, 2.75) is 44.8 Å². The quantitative estimate of drug-likeness (QED) is 0.446. The number of hydrogen-bond acceptors (Lipinski definition) is 4. The molecule has 0 spiro atoms. The molecule has 2 N–H and O–H groups in total. The van der Waals surface area contributed by atoms with Crippen molar-refractivity contribution in [3.8, 4) is 5.75 Å². The van der Waals surface area contributed by atoms with Gasteiger partial charge in [0.25, 0.3) is 11.8 Å². The van der Waals surface area contributed by atoms with Crippen molar-refractivity contribution < 1.29 is 23.1 Å². The third kappa shape index (κ3) is 6.14. The Morgan fingerprint density at radius 1 is 1.00 bits per heavy atom. The molecule has 33 heavy (non-hydrogen) atoms. The zero-order valence-corrected chi connectivity index (χ0v) is 18.7. The molecular formula is C25H24ClFN2O4. The fourth-order valence-electron chi connectivity index (χ4n) is 3.74. The topological polar surface area (TPSA) is 80.6 Å². The van der Waals surface area contributed by atoms with Gasteiger partial charge in [-0.05, 0) is 67.4 Å². The summed E-state index contributed by atoms with van der Waals surface area (Å²) in [5, 5.41) is 6.08. The first-order valence-electron chi connectivity index (χ1n) is 10.9. The predicted molar refractivity (Wildman–Crippen MR) is 123 cm³/mol. The van der Waals surface area contributed by atoms with Crippen LogP contribution in [0.4, 0.5) is 10.1 Å². The van der Waals surface area contributed by atoms with Crippen molar-refractivity contribution in [3.05, 3.63) is 82.5 Å². The number of hydrogen-bond donors (Lipinski definition) is 2. The van der Waals surface area contributed by atoms with Crippen LogP contribution in [0.25, 0.3) is 0 Å². The second-order valence-corrected chi connectivity index (χ2v) is 8.37. The van der Waals surface area contributed by atoms with Crippen LogP contribution < -0.4 is 15.4 Å². The zero-order chi connectivity index (χ0) is 23.2. The minimum absolute atomic E-state index is 0.0886. The average molecular weight is 471 g/mol. The molecule has 1 fully saturated rings. The van der Waals surface area contributed by atoms with E-state index in [4.69, 9.17) is 20.8 Å². The summed E-state index contributed by atoms with van der Waals surface area (Å²) >= 11 is 6.23. The third-order valence-electron chi connectivity index (χ3n) is 5.49. The van der Waals surface area contributed by atoms with E-state index >= 15 is 0 Å². The highest BCUT2D eigenvalue weighted by atomic mass is 35.5. The van der Waals surface area contributed by atoms with Crippen LogP contribution in [0.5, 0.6) is 5.75 Å². The Kier molecular flexibility index (Phi) is 7.29. The van der Waals surface area contributed by atoms with E-state index in [0.29, 0.717) is 27.8 Å². The summed E-state index contributed by atoms with van der Waals surface area (Å²) in [5.74, 6) is -0.0515. The molecule has 1 heterocycles. The maximum atomic E-state index is 13.0. The van der Waals surface area contributed by atoms with Crippen molar-refractivity contribution in [3.63, 3.8) is 0 Å². The molecule has 172 valence electrons. The van der Waals surface area contributed by atoms with E-state index in [9.17, 15) is 14.0 Å². The lowest BCUT2D eigenvalue weighted by Crippen LogP contribution is -2.36. The number of nitrogens with one attached hydrogen (secondary N) is 2. The van der Waals surface area contributed by atoms with Crippen LogP contribution in [0.1, 0.15) is 58.8 Å². The van der Waals surface area contributed by atoms with E-state index in [0.717, 1.165) is 25.7 Å². The summed E-state index contributed by atoms with van der Waals surface area (Å²) in [6.45, 7) is 0.0886. The van der Waals surface area contributed by atoms with Gasteiger partial charge in [0.1, 0.15) is 23.9 Å². The summed E-state index contributed by atoms with van der Waals surface area (Å²) < 4.78 is 24.0. The smallest absolute Gasteiger partial charge is 0.291 e. The predicted octanol–water partition coefficient (Wildman–Crippen LogP) is 5.97. The molecule has 0 radical (unpaired) electrons. The van der Waals surface area contributed by atoms with Gasteiger partial charge in [0.2, 0.25) is 0 Å². The van der Waals surface area contributed by atoms with Crippen molar-refractivity contribution in [1.82, 2.24) is 5.32 Å². The molecule has 1 saturated carbocycles. The van der Waals surface area contributed by atoms with E-state index in [2.05, 4.69) is 10.6 Å². The van der Waals surface area contributed by atoms with Gasteiger partial charge in [0, 0.05) is 11.7 Å². The lowest BCUT2D eigenvalue weighted by atomic mass is 9.95. The number of rotatable bonds is 7. The Morgan fingerprint density at radius 2 is 1.76 bits per heavy atom. The first-order valence-corrected chi connectivity index (χ1v) is 11.2. The number of anilines is 1. The number of furan rings is 1. The first-order chi connectivity index (χ1) is 16.0. The number of carbonyl (C=O) groups is 2. The number of benzene rings is 2. The molecule has 0 aliphatic heterocycles. The summed E-state index contributed by atoms with van der Waals surface area (Å²) in [7, 11) is 0. The maximum absolute atomic E-state index is 13.0. The lowest BCUT2D eigenvalue weighted by Gasteiger charge is -2.23. The van der Waals surface area contributed by atoms with Crippen LogP contribution >= 0.6 is 11.6 Å². The molecule has 2 amide bonds. The van der Waals surface area contributed by atoms with Gasteiger partial charge in [0.05, 0.1) is 10.6 Å². The van der Waals surface area contributed by atoms with Gasteiger partial charge in [-0.15, -0.1) is 0 Å². The van der Waals surface area contributed by atoms with E-state index in [-0.39, 0.29) is 30.1 Å². The Labute approximate surface area is 196 Å². The molecule has 0 unspecified atom stereocenters. The Bertz CT molecular complexity index is 1120. The van der Waals surface area contributed by atoms with Gasteiger partial charge in [0.15, 0.2) is 5.76 Å². The largest absolute Gasteiger partial charge is 0.486 e. The summed E-state index contributed by atoms with van der Waals surface area (Å²) in [4.78, 5) is 25.3. The summed E-state index contributed by atoms with van der Waals surface area (Å²) in [6.07, 6.45) is 5.34. The lowest BCUT2D eigenvalue weighted by molar-refractivity contribution is 0.0926. The highest BCUT2D eigenvalue weighted by molar-refractivity contribution is 6.34. The van der Waals surface area contributed by atoms with E-state index < -0.39 is 5.91 Å². The molecule has 4 rings (SSSR count). The van der Waals surface area contributed by atoms with Crippen LogP contribution in [-0.2, 0) is 6.61 Å². The Balaban J connectivity index is 1.36. The molecule has 1 aromatic heterocycles. The fourth-order valence-corrected chi connectivity index (χ4v) is 3.95. The number of halogens is 2. The molecule has 1 aliphatic carbocycles. The molecule has 6 nitrogen and oxygen atoms in total. The molecule has 3 aromatic rings. The second kappa shape index (κ2) is 10.5. The molecule has 2 aromatic carbocycles. The zero-order valence-electron chi connectivity index (χ0n) is 17.9. The normalized spacial score (nSPS) is 14.0. The van der Waals surface area contributed by atoms with Gasteiger partial charge in [-0.2, -0.15) is 0 Å². The first kappa shape index (κ1) is 22.9. The average Bonchev–Trinajstić information content (AvgIpc) is 3.30. The van der Waals surface area contributed by atoms with Crippen molar-refractivity contribution in [2.24, 2.45) is 0 Å². The molecular weight excluding hydrogens is 447 g/mol. The Hall–Kier alpha value is -3.32. The van der Waals surface area contributed by atoms with Crippen LogP contribution in [0.3, 0.4) is 0 Å².